The molecule has 1 saturated heterocycles. The maximum Gasteiger partial charge on any atom is 0.253 e. The first-order chi connectivity index (χ1) is 11.4. The molecule has 2 aliphatic rings. The number of carbonyl (C=O) groups excluding carboxylic acids is 1. The van der Waals surface area contributed by atoms with Crippen molar-refractivity contribution in [2.24, 2.45) is 0 Å². The minimum Gasteiger partial charge on any atom is -0.490 e. The third-order valence-corrected chi connectivity index (χ3v) is 6.00. The van der Waals surface area contributed by atoms with Crippen LogP contribution >= 0.6 is 0 Å². The lowest BCUT2D eigenvalue weighted by atomic mass is 10.1. The Morgan fingerprint density at radius 1 is 1.04 bits per heavy atom. The number of hydrogen-bond donors (Lipinski definition) is 0. The van der Waals surface area contributed by atoms with Crippen molar-refractivity contribution in [1.82, 2.24) is 9.21 Å². The molecule has 0 radical (unpaired) electrons. The molecule has 1 amide bonds. The fraction of sp³-hybridized carbons (Fsp3) is 0.588. The molecule has 7 heteroatoms. The fourth-order valence-electron chi connectivity index (χ4n) is 3.28. The topological polar surface area (TPSA) is 66.9 Å². The monoisotopic (exact) mass is 352 g/mol. The van der Waals surface area contributed by atoms with Crippen LogP contribution in [0.5, 0.6) is 5.75 Å². The summed E-state index contributed by atoms with van der Waals surface area (Å²) < 4.78 is 30.4. The minimum absolute atomic E-state index is 0.0597. The van der Waals surface area contributed by atoms with Crippen LogP contribution in [-0.4, -0.2) is 62.1 Å². The standard InChI is InChI=1S/C17H24N2O4S/c1-24(21,22)19-12-10-18(11-13-19)17(20)14-6-8-16(9-7-14)23-15-4-2-3-5-15/h6-9,15H,2-5,10-13H2,1H3. The predicted octanol–water partition coefficient (Wildman–Crippen LogP) is 1.73. The number of rotatable bonds is 4. The lowest BCUT2D eigenvalue weighted by molar-refractivity contribution is 0.0698. The Hall–Kier alpha value is -1.60. The van der Waals surface area contributed by atoms with E-state index in [1.165, 1.54) is 23.4 Å². The highest BCUT2D eigenvalue weighted by molar-refractivity contribution is 7.88. The molecule has 3 rings (SSSR count). The molecule has 1 heterocycles. The third kappa shape index (κ3) is 4.08. The summed E-state index contributed by atoms with van der Waals surface area (Å²) in [5.74, 6) is 0.746. The number of nitrogens with zero attached hydrogens (tertiary/aromatic N) is 2. The lowest BCUT2D eigenvalue weighted by Crippen LogP contribution is -2.50. The summed E-state index contributed by atoms with van der Waals surface area (Å²) in [6, 6.07) is 7.27. The molecule has 132 valence electrons. The van der Waals surface area contributed by atoms with Crippen LogP contribution in [0.2, 0.25) is 0 Å². The SMILES string of the molecule is CS(=O)(=O)N1CCN(C(=O)c2ccc(OC3CCCC3)cc2)CC1. The van der Waals surface area contributed by atoms with Crippen molar-refractivity contribution in [3.63, 3.8) is 0 Å². The van der Waals surface area contributed by atoms with Crippen LogP contribution in [0.15, 0.2) is 24.3 Å². The first kappa shape index (κ1) is 17.2. The van der Waals surface area contributed by atoms with Gasteiger partial charge in [0.05, 0.1) is 12.4 Å². The van der Waals surface area contributed by atoms with Crippen LogP contribution in [0.25, 0.3) is 0 Å². The molecule has 1 aromatic rings. The number of hydrogen-bond acceptors (Lipinski definition) is 4. The molecule has 0 bridgehead atoms. The zero-order valence-electron chi connectivity index (χ0n) is 14.0. The van der Waals surface area contributed by atoms with Crippen molar-refractivity contribution >= 4 is 15.9 Å². The third-order valence-electron chi connectivity index (χ3n) is 4.70. The summed E-state index contributed by atoms with van der Waals surface area (Å²) in [4.78, 5) is 14.2. The maximum atomic E-state index is 12.5. The number of ether oxygens (including phenoxy) is 1. The summed E-state index contributed by atoms with van der Waals surface area (Å²) >= 11 is 0. The van der Waals surface area contributed by atoms with Gasteiger partial charge in [-0.25, -0.2) is 8.42 Å². The Balaban J connectivity index is 1.57. The Labute approximate surface area is 143 Å². The number of carbonyl (C=O) groups is 1. The molecule has 1 aliphatic heterocycles. The van der Waals surface area contributed by atoms with Gasteiger partial charge in [-0.2, -0.15) is 4.31 Å². The summed E-state index contributed by atoms with van der Waals surface area (Å²) in [5, 5.41) is 0. The smallest absolute Gasteiger partial charge is 0.253 e. The molecule has 0 aromatic heterocycles. The second-order valence-corrected chi connectivity index (χ2v) is 8.49. The van der Waals surface area contributed by atoms with Crippen LogP contribution in [0.4, 0.5) is 0 Å². The predicted molar refractivity (Wildman–Crippen MR) is 91.6 cm³/mol. The first-order valence-electron chi connectivity index (χ1n) is 8.44. The molecule has 24 heavy (non-hydrogen) atoms. The minimum atomic E-state index is -3.18. The lowest BCUT2D eigenvalue weighted by Gasteiger charge is -2.33. The molecule has 0 unspecified atom stereocenters. The van der Waals surface area contributed by atoms with Crippen LogP contribution in [0.3, 0.4) is 0 Å². The molecule has 0 N–H and O–H groups in total. The van der Waals surface area contributed by atoms with E-state index in [0.717, 1.165) is 18.6 Å². The van der Waals surface area contributed by atoms with Crippen LogP contribution in [0.1, 0.15) is 36.0 Å². The van der Waals surface area contributed by atoms with Gasteiger partial charge in [0.2, 0.25) is 10.0 Å². The molecule has 0 atom stereocenters. The van der Waals surface area contributed by atoms with Gasteiger partial charge in [0.25, 0.3) is 5.91 Å². The van der Waals surface area contributed by atoms with E-state index in [0.29, 0.717) is 37.8 Å². The molecular formula is C17H24N2O4S. The van der Waals surface area contributed by atoms with Gasteiger partial charge >= 0.3 is 0 Å². The van der Waals surface area contributed by atoms with Crippen molar-refractivity contribution in [3.05, 3.63) is 29.8 Å². The molecule has 1 aliphatic carbocycles. The largest absolute Gasteiger partial charge is 0.490 e. The van der Waals surface area contributed by atoms with Gasteiger partial charge in [0.15, 0.2) is 0 Å². The van der Waals surface area contributed by atoms with E-state index in [9.17, 15) is 13.2 Å². The Morgan fingerprint density at radius 3 is 2.17 bits per heavy atom. The summed E-state index contributed by atoms with van der Waals surface area (Å²) in [7, 11) is -3.18. The normalized spacial score (nSPS) is 20.3. The molecule has 1 saturated carbocycles. The maximum absolute atomic E-state index is 12.5. The van der Waals surface area contributed by atoms with E-state index >= 15 is 0 Å². The quantitative estimate of drug-likeness (QED) is 0.828. The van der Waals surface area contributed by atoms with Gasteiger partial charge < -0.3 is 9.64 Å². The van der Waals surface area contributed by atoms with Crippen molar-refractivity contribution in [2.45, 2.75) is 31.8 Å². The van der Waals surface area contributed by atoms with Gasteiger partial charge in [-0.15, -0.1) is 0 Å². The zero-order valence-corrected chi connectivity index (χ0v) is 14.8. The number of benzene rings is 1. The Morgan fingerprint density at radius 2 is 1.62 bits per heavy atom. The molecule has 1 aromatic carbocycles. The molecule has 6 nitrogen and oxygen atoms in total. The van der Waals surface area contributed by atoms with E-state index in [1.807, 2.05) is 12.1 Å². The second-order valence-electron chi connectivity index (χ2n) is 6.50. The van der Waals surface area contributed by atoms with Crippen LogP contribution < -0.4 is 4.74 Å². The van der Waals surface area contributed by atoms with E-state index in [1.54, 1.807) is 17.0 Å². The van der Waals surface area contributed by atoms with Gasteiger partial charge in [0.1, 0.15) is 5.75 Å². The number of amides is 1. The highest BCUT2D eigenvalue weighted by atomic mass is 32.2. The van der Waals surface area contributed by atoms with Crippen LogP contribution in [0, 0.1) is 0 Å². The van der Waals surface area contributed by atoms with Gasteiger partial charge in [-0.05, 0) is 49.9 Å². The number of piperazine rings is 1. The van der Waals surface area contributed by atoms with Crippen molar-refractivity contribution in [2.75, 3.05) is 32.4 Å². The van der Waals surface area contributed by atoms with Crippen molar-refractivity contribution in [1.29, 1.82) is 0 Å². The van der Waals surface area contributed by atoms with Gasteiger partial charge in [0, 0.05) is 31.7 Å². The van der Waals surface area contributed by atoms with Crippen LogP contribution in [-0.2, 0) is 10.0 Å². The van der Waals surface area contributed by atoms with Crippen molar-refractivity contribution in [3.8, 4) is 5.75 Å². The Kier molecular flexibility index (Phi) is 5.10. The Bertz CT molecular complexity index is 673. The van der Waals surface area contributed by atoms with Crippen molar-refractivity contribution < 1.29 is 17.9 Å². The average Bonchev–Trinajstić information content (AvgIpc) is 3.07. The first-order valence-corrected chi connectivity index (χ1v) is 10.3. The highest BCUT2D eigenvalue weighted by Crippen LogP contribution is 2.24. The molecular weight excluding hydrogens is 328 g/mol. The molecule has 2 fully saturated rings. The van der Waals surface area contributed by atoms with E-state index in [4.69, 9.17) is 4.74 Å². The molecule has 0 spiro atoms. The zero-order chi connectivity index (χ0) is 17.2. The fourth-order valence-corrected chi connectivity index (χ4v) is 4.11. The summed E-state index contributed by atoms with van der Waals surface area (Å²) in [6.07, 6.45) is 6.15. The number of sulfonamides is 1. The van der Waals surface area contributed by atoms with Gasteiger partial charge in [-0.1, -0.05) is 0 Å². The average molecular weight is 352 g/mol. The second kappa shape index (κ2) is 7.11. The highest BCUT2D eigenvalue weighted by Gasteiger charge is 2.26. The summed E-state index contributed by atoms with van der Waals surface area (Å²) in [5.41, 5.74) is 0.613. The van der Waals surface area contributed by atoms with E-state index < -0.39 is 10.0 Å². The van der Waals surface area contributed by atoms with E-state index in [2.05, 4.69) is 0 Å². The summed E-state index contributed by atoms with van der Waals surface area (Å²) in [6.45, 7) is 1.55. The van der Waals surface area contributed by atoms with E-state index in [-0.39, 0.29) is 5.91 Å². The van der Waals surface area contributed by atoms with Gasteiger partial charge in [-0.3, -0.25) is 4.79 Å².